The van der Waals surface area contributed by atoms with Gasteiger partial charge in [-0.1, -0.05) is 13.8 Å². The van der Waals surface area contributed by atoms with Crippen molar-refractivity contribution in [1.29, 1.82) is 0 Å². The molecule has 0 atom stereocenters. The predicted molar refractivity (Wildman–Crippen MR) is 44.2 cm³/mol. The van der Waals surface area contributed by atoms with E-state index in [4.69, 9.17) is 0 Å². The molecule has 11 heavy (non-hydrogen) atoms. The van der Waals surface area contributed by atoms with E-state index in [0.29, 0.717) is 11.3 Å². The Hall–Kier alpha value is -0.0700. The molecule has 0 N–H and O–H groups in total. The van der Waals surface area contributed by atoms with Gasteiger partial charge in [-0.25, -0.2) is 4.39 Å². The lowest BCUT2D eigenvalue weighted by Crippen LogP contribution is -2.55. The van der Waals surface area contributed by atoms with Crippen molar-refractivity contribution in [3.05, 3.63) is 0 Å². The average Bonchev–Trinajstić information content (AvgIpc) is 1.85. The van der Waals surface area contributed by atoms with Gasteiger partial charge in [0.25, 0.3) is 0 Å². The second-order valence-electron chi connectivity index (χ2n) is 4.88. The number of alkyl halides is 1. The van der Waals surface area contributed by atoms with E-state index in [-0.39, 0.29) is 0 Å². The monoisotopic (exact) mass is 156 g/mol. The number of hydrogen-bond donors (Lipinski definition) is 0. The highest BCUT2D eigenvalue weighted by Crippen LogP contribution is 2.63. The van der Waals surface area contributed by atoms with Crippen molar-refractivity contribution in [1.82, 2.24) is 0 Å². The van der Waals surface area contributed by atoms with Crippen molar-refractivity contribution in [2.75, 3.05) is 0 Å². The molecule has 2 bridgehead atoms. The maximum atomic E-state index is 13.5. The minimum Gasteiger partial charge on any atom is -0.244 e. The number of rotatable bonds is 1. The van der Waals surface area contributed by atoms with E-state index in [1.54, 1.807) is 0 Å². The van der Waals surface area contributed by atoms with E-state index in [9.17, 15) is 4.39 Å². The standard InChI is InChI=1S/C10H17F/c1-8(2)9-4-3-5-10(11,6-9)7-9/h8H,3-7H2,1-2H3. The smallest absolute Gasteiger partial charge is 0.112 e. The molecule has 64 valence electrons. The quantitative estimate of drug-likeness (QED) is 0.546. The maximum Gasteiger partial charge on any atom is 0.112 e. The van der Waals surface area contributed by atoms with Crippen molar-refractivity contribution in [2.24, 2.45) is 11.3 Å². The molecule has 3 fully saturated rings. The van der Waals surface area contributed by atoms with Crippen molar-refractivity contribution in [3.63, 3.8) is 0 Å². The first kappa shape index (κ1) is 7.57. The van der Waals surface area contributed by atoms with Gasteiger partial charge in [0, 0.05) is 0 Å². The minimum atomic E-state index is -0.734. The van der Waals surface area contributed by atoms with Crippen LogP contribution in [0.15, 0.2) is 0 Å². The summed E-state index contributed by atoms with van der Waals surface area (Å²) in [5.41, 5.74) is -0.324. The Morgan fingerprint density at radius 2 is 1.82 bits per heavy atom. The molecule has 0 aromatic carbocycles. The van der Waals surface area contributed by atoms with E-state index >= 15 is 0 Å². The van der Waals surface area contributed by atoms with Crippen LogP contribution in [0, 0.1) is 11.3 Å². The Kier molecular flexibility index (Phi) is 1.37. The van der Waals surface area contributed by atoms with Crippen LogP contribution in [-0.4, -0.2) is 5.67 Å². The molecule has 0 amide bonds. The Balaban J connectivity index is 2.10. The normalized spacial score (nSPS) is 49.1. The summed E-state index contributed by atoms with van der Waals surface area (Å²) in [7, 11) is 0. The van der Waals surface area contributed by atoms with Crippen LogP contribution in [0.25, 0.3) is 0 Å². The van der Waals surface area contributed by atoms with Crippen molar-refractivity contribution in [3.8, 4) is 0 Å². The molecule has 0 aromatic heterocycles. The number of fused-ring (bicyclic) bond motifs is 2. The van der Waals surface area contributed by atoms with Crippen molar-refractivity contribution >= 4 is 0 Å². The van der Waals surface area contributed by atoms with Gasteiger partial charge in [-0.3, -0.25) is 0 Å². The van der Waals surface area contributed by atoms with Crippen LogP contribution >= 0.6 is 0 Å². The first-order chi connectivity index (χ1) is 5.06. The molecule has 0 spiro atoms. The highest BCUT2D eigenvalue weighted by molar-refractivity contribution is 5.09. The van der Waals surface area contributed by atoms with E-state index < -0.39 is 5.67 Å². The fourth-order valence-corrected chi connectivity index (χ4v) is 3.02. The van der Waals surface area contributed by atoms with E-state index in [0.717, 1.165) is 25.7 Å². The third-order valence-corrected chi connectivity index (χ3v) is 3.86. The molecule has 0 aromatic rings. The zero-order valence-electron chi connectivity index (χ0n) is 7.49. The van der Waals surface area contributed by atoms with Crippen LogP contribution in [0.5, 0.6) is 0 Å². The minimum absolute atomic E-state index is 0.410. The highest BCUT2D eigenvalue weighted by Gasteiger charge is 2.58. The lowest BCUT2D eigenvalue weighted by atomic mass is 9.48. The van der Waals surface area contributed by atoms with Gasteiger partial charge in [0.05, 0.1) is 0 Å². The van der Waals surface area contributed by atoms with Crippen molar-refractivity contribution in [2.45, 2.75) is 51.6 Å². The molecule has 0 saturated heterocycles. The first-order valence-electron chi connectivity index (χ1n) is 4.75. The molecular weight excluding hydrogens is 139 g/mol. The molecule has 3 aliphatic carbocycles. The molecular formula is C10H17F. The summed E-state index contributed by atoms with van der Waals surface area (Å²) < 4.78 is 13.5. The zero-order chi connectivity index (χ0) is 8.11. The third kappa shape index (κ3) is 0.929. The molecule has 0 heterocycles. The second-order valence-corrected chi connectivity index (χ2v) is 4.88. The fraction of sp³-hybridized carbons (Fsp3) is 1.00. The van der Waals surface area contributed by atoms with Crippen LogP contribution in [0.4, 0.5) is 4.39 Å². The Labute approximate surface area is 68.2 Å². The third-order valence-electron chi connectivity index (χ3n) is 3.86. The average molecular weight is 156 g/mol. The van der Waals surface area contributed by atoms with Gasteiger partial charge in [0.1, 0.15) is 5.67 Å². The number of halogens is 1. The maximum absolute atomic E-state index is 13.5. The van der Waals surface area contributed by atoms with Gasteiger partial charge in [0.2, 0.25) is 0 Å². The summed E-state index contributed by atoms with van der Waals surface area (Å²) in [6.45, 7) is 4.48. The molecule has 1 heteroatoms. The van der Waals surface area contributed by atoms with Gasteiger partial charge < -0.3 is 0 Å². The fourth-order valence-electron chi connectivity index (χ4n) is 3.02. The lowest BCUT2D eigenvalue weighted by Gasteiger charge is -2.58. The molecule has 0 nitrogen and oxygen atoms in total. The molecule has 0 unspecified atom stereocenters. The molecule has 3 saturated carbocycles. The zero-order valence-corrected chi connectivity index (χ0v) is 7.49. The summed E-state index contributed by atoms with van der Waals surface area (Å²) in [6, 6.07) is 0. The topological polar surface area (TPSA) is 0 Å². The molecule has 0 radical (unpaired) electrons. The predicted octanol–water partition coefficient (Wildman–Crippen LogP) is 3.31. The van der Waals surface area contributed by atoms with Crippen LogP contribution < -0.4 is 0 Å². The van der Waals surface area contributed by atoms with Gasteiger partial charge in [-0.15, -0.1) is 0 Å². The highest BCUT2D eigenvalue weighted by atomic mass is 19.1. The van der Waals surface area contributed by atoms with E-state index in [2.05, 4.69) is 13.8 Å². The first-order valence-corrected chi connectivity index (χ1v) is 4.75. The summed E-state index contributed by atoms with van der Waals surface area (Å²) in [5.74, 6) is 0.687. The lowest BCUT2D eigenvalue weighted by molar-refractivity contribution is -0.137. The SMILES string of the molecule is CC(C)C12CCCC(F)(C1)C2. The summed E-state index contributed by atoms with van der Waals surface area (Å²) in [4.78, 5) is 0. The molecule has 3 aliphatic rings. The van der Waals surface area contributed by atoms with Gasteiger partial charge in [-0.2, -0.15) is 0 Å². The van der Waals surface area contributed by atoms with E-state index in [1.165, 1.54) is 6.42 Å². The van der Waals surface area contributed by atoms with Crippen LogP contribution in [0.3, 0.4) is 0 Å². The largest absolute Gasteiger partial charge is 0.244 e. The second kappa shape index (κ2) is 1.99. The molecule has 0 aliphatic heterocycles. The Morgan fingerprint density at radius 1 is 1.18 bits per heavy atom. The van der Waals surface area contributed by atoms with Gasteiger partial charge in [-0.05, 0) is 43.4 Å². The van der Waals surface area contributed by atoms with Gasteiger partial charge >= 0.3 is 0 Å². The van der Waals surface area contributed by atoms with Crippen LogP contribution in [0.1, 0.15) is 46.0 Å². The summed E-state index contributed by atoms with van der Waals surface area (Å²) in [5, 5.41) is 0. The molecule has 3 rings (SSSR count). The summed E-state index contributed by atoms with van der Waals surface area (Å²) in [6.07, 6.45) is 4.95. The van der Waals surface area contributed by atoms with Crippen LogP contribution in [0.2, 0.25) is 0 Å². The number of hydrogen-bond acceptors (Lipinski definition) is 0. The van der Waals surface area contributed by atoms with Crippen molar-refractivity contribution < 1.29 is 4.39 Å². The van der Waals surface area contributed by atoms with Crippen LogP contribution in [-0.2, 0) is 0 Å². The van der Waals surface area contributed by atoms with Gasteiger partial charge in [0.15, 0.2) is 0 Å². The van der Waals surface area contributed by atoms with E-state index in [1.807, 2.05) is 0 Å². The summed E-state index contributed by atoms with van der Waals surface area (Å²) >= 11 is 0. The Morgan fingerprint density at radius 3 is 2.18 bits per heavy atom. The Bertz CT molecular complexity index is 166.